The maximum absolute atomic E-state index is 12.9. The van der Waals surface area contributed by atoms with Crippen molar-refractivity contribution in [1.82, 2.24) is 5.32 Å². The highest BCUT2D eigenvalue weighted by molar-refractivity contribution is 5.94. The summed E-state index contributed by atoms with van der Waals surface area (Å²) >= 11 is 0. The third-order valence-electron chi connectivity index (χ3n) is 4.06. The molecule has 0 saturated heterocycles. The van der Waals surface area contributed by atoms with Gasteiger partial charge in [-0.3, -0.25) is 4.79 Å². The summed E-state index contributed by atoms with van der Waals surface area (Å²) in [4.78, 5) is 12.3. The standard InChI is InChI=1S/C21H16FNO4/c22-16-4-8-18(9-5-16)27-17-6-2-15(3-7-17)21(24)23-12-14-1-10-19-20(11-14)26-13-25-19/h1-11H,12-13H2,(H,23,24). The van der Waals surface area contributed by atoms with Crippen LogP contribution in [0.3, 0.4) is 0 Å². The van der Waals surface area contributed by atoms with Crippen LogP contribution in [0, 0.1) is 5.82 Å². The second-order valence-corrected chi connectivity index (χ2v) is 5.95. The molecule has 0 bridgehead atoms. The number of carbonyl (C=O) groups excluding carboxylic acids is 1. The highest BCUT2D eigenvalue weighted by atomic mass is 19.1. The smallest absolute Gasteiger partial charge is 0.251 e. The van der Waals surface area contributed by atoms with Crippen LogP contribution in [0.5, 0.6) is 23.0 Å². The average Bonchev–Trinajstić information content (AvgIpc) is 3.16. The maximum atomic E-state index is 12.9. The second-order valence-electron chi connectivity index (χ2n) is 5.95. The Bertz CT molecular complexity index is 955. The molecule has 4 rings (SSSR count). The zero-order chi connectivity index (χ0) is 18.6. The number of hydrogen-bond donors (Lipinski definition) is 1. The third kappa shape index (κ3) is 4.00. The normalized spacial score (nSPS) is 11.9. The van der Waals surface area contributed by atoms with Crippen LogP contribution in [0.2, 0.25) is 0 Å². The summed E-state index contributed by atoms with van der Waals surface area (Å²) in [5.74, 6) is 1.97. The van der Waals surface area contributed by atoms with E-state index in [4.69, 9.17) is 14.2 Å². The molecule has 0 aliphatic carbocycles. The molecule has 27 heavy (non-hydrogen) atoms. The van der Waals surface area contributed by atoms with Crippen molar-refractivity contribution < 1.29 is 23.4 Å². The number of fused-ring (bicyclic) bond motifs is 1. The number of carbonyl (C=O) groups is 1. The van der Waals surface area contributed by atoms with Crippen LogP contribution in [0.15, 0.2) is 66.7 Å². The minimum atomic E-state index is -0.322. The molecule has 1 N–H and O–H groups in total. The summed E-state index contributed by atoms with van der Waals surface area (Å²) in [6, 6.07) is 18.0. The van der Waals surface area contributed by atoms with Gasteiger partial charge in [-0.2, -0.15) is 0 Å². The van der Waals surface area contributed by atoms with Gasteiger partial charge in [0.1, 0.15) is 17.3 Å². The third-order valence-corrected chi connectivity index (χ3v) is 4.06. The van der Waals surface area contributed by atoms with E-state index in [9.17, 15) is 9.18 Å². The second kappa shape index (κ2) is 7.37. The van der Waals surface area contributed by atoms with E-state index in [0.717, 1.165) is 5.56 Å². The molecule has 0 saturated carbocycles. The molecule has 0 unspecified atom stereocenters. The molecule has 5 nitrogen and oxygen atoms in total. The van der Waals surface area contributed by atoms with E-state index < -0.39 is 0 Å². The summed E-state index contributed by atoms with van der Waals surface area (Å²) in [5.41, 5.74) is 1.44. The first-order valence-corrected chi connectivity index (χ1v) is 8.37. The molecule has 1 amide bonds. The van der Waals surface area contributed by atoms with E-state index >= 15 is 0 Å². The van der Waals surface area contributed by atoms with Crippen LogP contribution in [-0.2, 0) is 6.54 Å². The van der Waals surface area contributed by atoms with E-state index in [-0.39, 0.29) is 18.5 Å². The van der Waals surface area contributed by atoms with Gasteiger partial charge in [0.25, 0.3) is 5.91 Å². The molecule has 1 aliphatic heterocycles. The molecule has 3 aromatic rings. The summed E-state index contributed by atoms with van der Waals surface area (Å²) in [6.07, 6.45) is 0. The molecule has 0 atom stereocenters. The minimum absolute atomic E-state index is 0.194. The Morgan fingerprint density at radius 1 is 0.926 bits per heavy atom. The summed E-state index contributed by atoms with van der Waals surface area (Å²) in [7, 11) is 0. The lowest BCUT2D eigenvalue weighted by Gasteiger charge is -2.08. The number of halogens is 1. The van der Waals surface area contributed by atoms with Crippen LogP contribution in [0.1, 0.15) is 15.9 Å². The van der Waals surface area contributed by atoms with Crippen molar-refractivity contribution in [2.75, 3.05) is 6.79 Å². The van der Waals surface area contributed by atoms with Crippen molar-refractivity contribution in [3.05, 3.63) is 83.7 Å². The fraction of sp³-hybridized carbons (Fsp3) is 0.0952. The topological polar surface area (TPSA) is 56.8 Å². The Labute approximate surface area is 155 Å². The molecule has 6 heteroatoms. The lowest BCUT2D eigenvalue weighted by Crippen LogP contribution is -2.22. The highest BCUT2D eigenvalue weighted by Gasteiger charge is 2.13. The minimum Gasteiger partial charge on any atom is -0.457 e. The van der Waals surface area contributed by atoms with E-state index in [0.29, 0.717) is 35.1 Å². The van der Waals surface area contributed by atoms with Gasteiger partial charge in [-0.15, -0.1) is 0 Å². The molecule has 1 aliphatic rings. The first kappa shape index (κ1) is 16.9. The molecule has 3 aromatic carbocycles. The zero-order valence-corrected chi connectivity index (χ0v) is 14.3. The number of amides is 1. The number of nitrogens with one attached hydrogen (secondary N) is 1. The Morgan fingerprint density at radius 3 is 2.33 bits per heavy atom. The Kier molecular flexibility index (Phi) is 4.61. The predicted octanol–water partition coefficient (Wildman–Crippen LogP) is 4.28. The van der Waals surface area contributed by atoms with Crippen LogP contribution < -0.4 is 19.5 Å². The molecular weight excluding hydrogens is 349 g/mol. The van der Waals surface area contributed by atoms with Gasteiger partial charge in [0.05, 0.1) is 0 Å². The lowest BCUT2D eigenvalue weighted by atomic mass is 10.1. The first-order valence-electron chi connectivity index (χ1n) is 8.37. The SMILES string of the molecule is O=C(NCc1ccc2c(c1)OCO2)c1ccc(Oc2ccc(F)cc2)cc1. The van der Waals surface area contributed by atoms with Crippen molar-refractivity contribution in [2.24, 2.45) is 0 Å². The number of hydrogen-bond acceptors (Lipinski definition) is 4. The number of rotatable bonds is 5. The summed E-state index contributed by atoms with van der Waals surface area (Å²) in [5, 5.41) is 2.86. The molecular formula is C21H16FNO4. The summed E-state index contributed by atoms with van der Waals surface area (Å²) in [6.45, 7) is 0.598. The Morgan fingerprint density at radius 2 is 1.59 bits per heavy atom. The van der Waals surface area contributed by atoms with Crippen molar-refractivity contribution in [1.29, 1.82) is 0 Å². The van der Waals surface area contributed by atoms with Crippen molar-refractivity contribution in [3.63, 3.8) is 0 Å². The van der Waals surface area contributed by atoms with Crippen molar-refractivity contribution >= 4 is 5.91 Å². The van der Waals surface area contributed by atoms with Gasteiger partial charge in [0.2, 0.25) is 6.79 Å². The van der Waals surface area contributed by atoms with Gasteiger partial charge in [-0.1, -0.05) is 6.07 Å². The maximum Gasteiger partial charge on any atom is 0.251 e. The molecule has 0 fully saturated rings. The predicted molar refractivity (Wildman–Crippen MR) is 96.7 cm³/mol. The van der Waals surface area contributed by atoms with E-state index in [1.807, 2.05) is 18.2 Å². The largest absolute Gasteiger partial charge is 0.457 e. The fourth-order valence-corrected chi connectivity index (χ4v) is 2.65. The van der Waals surface area contributed by atoms with Crippen LogP contribution in [-0.4, -0.2) is 12.7 Å². The van der Waals surface area contributed by atoms with Crippen molar-refractivity contribution in [2.45, 2.75) is 6.54 Å². The van der Waals surface area contributed by atoms with Gasteiger partial charge in [0.15, 0.2) is 11.5 Å². The molecule has 136 valence electrons. The molecule has 1 heterocycles. The number of ether oxygens (including phenoxy) is 3. The van der Waals surface area contributed by atoms with Gasteiger partial charge in [0, 0.05) is 12.1 Å². The number of benzene rings is 3. The van der Waals surface area contributed by atoms with Gasteiger partial charge in [-0.05, 0) is 66.2 Å². The first-order chi connectivity index (χ1) is 13.2. The summed E-state index contributed by atoms with van der Waals surface area (Å²) < 4.78 is 29.1. The average molecular weight is 365 g/mol. The quantitative estimate of drug-likeness (QED) is 0.733. The van der Waals surface area contributed by atoms with Gasteiger partial charge in [-0.25, -0.2) is 4.39 Å². The van der Waals surface area contributed by atoms with E-state index in [1.165, 1.54) is 12.1 Å². The van der Waals surface area contributed by atoms with Crippen LogP contribution in [0.4, 0.5) is 4.39 Å². The van der Waals surface area contributed by atoms with Crippen LogP contribution in [0.25, 0.3) is 0 Å². The monoisotopic (exact) mass is 365 g/mol. The molecule has 0 radical (unpaired) electrons. The zero-order valence-electron chi connectivity index (χ0n) is 14.3. The van der Waals surface area contributed by atoms with Gasteiger partial charge >= 0.3 is 0 Å². The molecule has 0 spiro atoms. The van der Waals surface area contributed by atoms with E-state index in [2.05, 4.69) is 5.32 Å². The van der Waals surface area contributed by atoms with Crippen molar-refractivity contribution in [3.8, 4) is 23.0 Å². The molecule has 0 aromatic heterocycles. The lowest BCUT2D eigenvalue weighted by molar-refractivity contribution is 0.0951. The Balaban J connectivity index is 1.35. The Hall–Kier alpha value is -3.54. The van der Waals surface area contributed by atoms with Crippen LogP contribution >= 0.6 is 0 Å². The fourth-order valence-electron chi connectivity index (χ4n) is 2.65. The van der Waals surface area contributed by atoms with Gasteiger partial charge < -0.3 is 19.5 Å². The van der Waals surface area contributed by atoms with E-state index in [1.54, 1.807) is 36.4 Å². The highest BCUT2D eigenvalue weighted by Crippen LogP contribution is 2.32.